The summed E-state index contributed by atoms with van der Waals surface area (Å²) in [5.74, 6) is -0.896. The maximum Gasteiger partial charge on any atom is 0.303 e. The molecule has 38 heavy (non-hydrogen) atoms. The fourth-order valence-corrected chi connectivity index (χ4v) is 5.40. The Morgan fingerprint density at radius 1 is 0.974 bits per heavy atom. The van der Waals surface area contributed by atoms with E-state index >= 15 is 0 Å². The monoisotopic (exact) mass is 530 g/mol. The lowest BCUT2D eigenvalue weighted by atomic mass is 9.78. The Bertz CT molecular complexity index is 1420. The second kappa shape index (κ2) is 10.7. The average Bonchev–Trinajstić information content (AvgIpc) is 3.07. The lowest BCUT2D eigenvalue weighted by Gasteiger charge is -2.35. The first-order chi connectivity index (χ1) is 18.4. The van der Waals surface area contributed by atoms with Gasteiger partial charge in [-0.15, -0.1) is 0 Å². The summed E-state index contributed by atoms with van der Waals surface area (Å²) >= 11 is 6.10. The number of aliphatic carboxylic acids is 1. The van der Waals surface area contributed by atoms with E-state index in [4.69, 9.17) is 16.3 Å². The van der Waals surface area contributed by atoms with E-state index in [1.807, 2.05) is 60.7 Å². The third-order valence-electron chi connectivity index (χ3n) is 7.08. The van der Waals surface area contributed by atoms with Gasteiger partial charge in [-0.2, -0.15) is 0 Å². The topological polar surface area (TPSA) is 95.9 Å². The highest BCUT2D eigenvalue weighted by molar-refractivity contribution is 6.30. The number of amides is 1. The summed E-state index contributed by atoms with van der Waals surface area (Å²) in [6.07, 6.45) is 0.350. The molecule has 0 bridgehead atoms. The minimum Gasteiger partial charge on any atom is -0.497 e. The molecule has 0 saturated carbocycles. The van der Waals surface area contributed by atoms with Crippen molar-refractivity contribution in [1.82, 2.24) is 0 Å². The predicted octanol–water partition coefficient (Wildman–Crippen LogP) is 6.11. The minimum absolute atomic E-state index is 0.0519. The number of hydrogen-bond acceptors (Lipinski definition) is 5. The molecule has 0 spiro atoms. The van der Waals surface area contributed by atoms with Gasteiger partial charge in [-0.25, -0.2) is 0 Å². The van der Waals surface area contributed by atoms with Crippen LogP contribution in [0.2, 0.25) is 5.02 Å². The molecule has 1 aliphatic carbocycles. The van der Waals surface area contributed by atoms with Gasteiger partial charge in [0.2, 0.25) is 5.91 Å². The van der Waals surface area contributed by atoms with Crippen LogP contribution in [0.4, 0.5) is 11.4 Å². The van der Waals surface area contributed by atoms with E-state index in [1.165, 1.54) is 0 Å². The highest BCUT2D eigenvalue weighted by Gasteiger charge is 2.41. The van der Waals surface area contributed by atoms with Crippen LogP contribution in [-0.2, 0) is 14.4 Å². The summed E-state index contributed by atoms with van der Waals surface area (Å²) in [5, 5.41) is 13.4. The number of carboxylic acids is 1. The molecule has 5 rings (SSSR count). The van der Waals surface area contributed by atoms with Crippen molar-refractivity contribution in [3.8, 4) is 5.75 Å². The fraction of sp³-hybridized carbons (Fsp3) is 0.233. The highest BCUT2D eigenvalue weighted by Crippen LogP contribution is 2.47. The fourth-order valence-electron chi connectivity index (χ4n) is 5.27. The number of ether oxygens (including phenoxy) is 1. The summed E-state index contributed by atoms with van der Waals surface area (Å²) in [4.78, 5) is 40.5. The number of nitrogens with zero attached hydrogens (tertiary/aromatic N) is 1. The summed E-state index contributed by atoms with van der Waals surface area (Å²) < 4.78 is 5.33. The van der Waals surface area contributed by atoms with Gasteiger partial charge in [0.15, 0.2) is 5.78 Å². The standard InChI is InChI=1S/C30H27ClN2O5/c1-38-22-12-8-19(9-13-22)30-29-24(16-20(17-26(29)34)18-6-10-21(31)11-7-18)32-23-4-2-3-5-25(23)33(30)27(35)14-15-28(36)37/h2-13,20,30,32H,14-17H2,1H3,(H,36,37)/t20-,30-/m1/s1. The first-order valence-corrected chi connectivity index (χ1v) is 12.8. The number of allylic oxidation sites excluding steroid dienone is 1. The Balaban J connectivity index is 1.67. The van der Waals surface area contributed by atoms with Gasteiger partial charge >= 0.3 is 5.97 Å². The number of benzene rings is 3. The third kappa shape index (κ3) is 5.02. The van der Waals surface area contributed by atoms with Gasteiger partial charge in [0.25, 0.3) is 0 Å². The van der Waals surface area contributed by atoms with E-state index in [9.17, 15) is 19.5 Å². The van der Waals surface area contributed by atoms with Crippen LogP contribution in [0.15, 0.2) is 84.1 Å². The smallest absolute Gasteiger partial charge is 0.303 e. The van der Waals surface area contributed by atoms with Gasteiger partial charge in [0.05, 0.1) is 30.9 Å². The van der Waals surface area contributed by atoms with Crippen LogP contribution in [0, 0.1) is 0 Å². The number of carbonyl (C=O) groups excluding carboxylic acids is 2. The Hall–Kier alpha value is -4.10. The van der Waals surface area contributed by atoms with Gasteiger partial charge in [-0.3, -0.25) is 19.3 Å². The number of para-hydroxylation sites is 2. The Morgan fingerprint density at radius 3 is 2.34 bits per heavy atom. The molecular weight excluding hydrogens is 504 g/mol. The zero-order chi connectivity index (χ0) is 26.8. The van der Waals surface area contributed by atoms with Gasteiger partial charge in [0.1, 0.15) is 5.75 Å². The quantitative estimate of drug-likeness (QED) is 0.399. The first kappa shape index (κ1) is 25.5. The van der Waals surface area contributed by atoms with Crippen molar-refractivity contribution in [3.63, 3.8) is 0 Å². The van der Waals surface area contributed by atoms with Crippen LogP contribution in [0.1, 0.15) is 48.8 Å². The Kier molecular flexibility index (Phi) is 7.20. The van der Waals surface area contributed by atoms with Crippen molar-refractivity contribution in [2.75, 3.05) is 17.3 Å². The molecule has 0 unspecified atom stereocenters. The van der Waals surface area contributed by atoms with Crippen molar-refractivity contribution in [3.05, 3.63) is 100 Å². The van der Waals surface area contributed by atoms with Crippen LogP contribution in [0.5, 0.6) is 5.75 Å². The Labute approximate surface area is 225 Å². The predicted molar refractivity (Wildman–Crippen MR) is 146 cm³/mol. The number of hydrogen-bond donors (Lipinski definition) is 2. The molecular formula is C30H27ClN2O5. The average molecular weight is 531 g/mol. The molecule has 3 aromatic carbocycles. The van der Waals surface area contributed by atoms with Crippen LogP contribution >= 0.6 is 11.6 Å². The minimum atomic E-state index is -1.06. The maximum absolute atomic E-state index is 13.9. The molecule has 0 saturated heterocycles. The molecule has 0 fully saturated rings. The van der Waals surface area contributed by atoms with Gasteiger partial charge < -0.3 is 15.2 Å². The Morgan fingerprint density at radius 2 is 1.66 bits per heavy atom. The van der Waals surface area contributed by atoms with E-state index in [2.05, 4.69) is 5.32 Å². The molecule has 3 aromatic rings. The number of rotatable bonds is 6. The number of ketones is 1. The van der Waals surface area contributed by atoms with E-state index in [0.717, 1.165) is 16.8 Å². The third-order valence-corrected chi connectivity index (χ3v) is 7.33. The largest absolute Gasteiger partial charge is 0.497 e. The van der Waals surface area contributed by atoms with Crippen LogP contribution in [-0.4, -0.2) is 29.9 Å². The summed E-state index contributed by atoms with van der Waals surface area (Å²) in [7, 11) is 1.57. The van der Waals surface area contributed by atoms with Crippen molar-refractivity contribution < 1.29 is 24.2 Å². The number of Topliss-reactive ketones (excluding diaryl/α,β-unsaturated/α-hetero) is 1. The molecule has 7 nitrogen and oxygen atoms in total. The van der Waals surface area contributed by atoms with E-state index < -0.39 is 12.0 Å². The second-order valence-corrected chi connectivity index (χ2v) is 9.88. The van der Waals surface area contributed by atoms with Gasteiger partial charge in [-0.05, 0) is 59.9 Å². The van der Waals surface area contributed by atoms with Crippen molar-refractivity contribution >= 4 is 40.6 Å². The van der Waals surface area contributed by atoms with Crippen molar-refractivity contribution in [2.45, 2.75) is 37.6 Å². The summed E-state index contributed by atoms with van der Waals surface area (Å²) in [5.41, 5.74) is 4.30. The second-order valence-electron chi connectivity index (χ2n) is 9.45. The number of halogens is 1. The lowest BCUT2D eigenvalue weighted by Crippen LogP contribution is -2.38. The van der Waals surface area contributed by atoms with E-state index in [-0.39, 0.29) is 36.9 Å². The zero-order valence-corrected chi connectivity index (χ0v) is 21.6. The zero-order valence-electron chi connectivity index (χ0n) is 20.8. The summed E-state index contributed by atoms with van der Waals surface area (Å²) in [6.45, 7) is 0. The van der Waals surface area contributed by atoms with Crippen molar-refractivity contribution in [1.29, 1.82) is 0 Å². The van der Waals surface area contributed by atoms with Crippen LogP contribution < -0.4 is 15.0 Å². The number of carbonyl (C=O) groups is 3. The molecule has 1 amide bonds. The SMILES string of the molecule is COc1ccc([C@@H]2C3=C(C[C@@H](c4ccc(Cl)cc4)CC3=O)Nc3ccccc3N2C(=O)CCC(=O)O)cc1. The van der Waals surface area contributed by atoms with Gasteiger partial charge in [0, 0.05) is 29.1 Å². The molecule has 8 heteroatoms. The summed E-state index contributed by atoms with van der Waals surface area (Å²) in [6, 6.07) is 21.5. The maximum atomic E-state index is 13.9. The number of methoxy groups -OCH3 is 1. The van der Waals surface area contributed by atoms with Gasteiger partial charge in [-0.1, -0.05) is 48.0 Å². The molecule has 1 aliphatic heterocycles. The number of nitrogens with one attached hydrogen (secondary N) is 1. The molecule has 0 radical (unpaired) electrons. The van der Waals surface area contributed by atoms with Crippen LogP contribution in [0.25, 0.3) is 0 Å². The molecule has 1 heterocycles. The van der Waals surface area contributed by atoms with Crippen molar-refractivity contribution in [2.24, 2.45) is 0 Å². The molecule has 194 valence electrons. The van der Waals surface area contributed by atoms with E-state index in [1.54, 1.807) is 24.1 Å². The first-order valence-electron chi connectivity index (χ1n) is 12.4. The number of fused-ring (bicyclic) bond motifs is 1. The number of carboxylic acid groups (broad SMARTS) is 1. The highest BCUT2D eigenvalue weighted by atomic mass is 35.5. The number of anilines is 2. The molecule has 2 N–H and O–H groups in total. The molecule has 2 aliphatic rings. The lowest BCUT2D eigenvalue weighted by molar-refractivity contribution is -0.138. The molecule has 2 atom stereocenters. The van der Waals surface area contributed by atoms with Crippen LogP contribution in [0.3, 0.4) is 0 Å². The normalized spacial score (nSPS) is 18.7. The molecule has 0 aromatic heterocycles. The van der Waals surface area contributed by atoms with E-state index in [0.29, 0.717) is 34.1 Å².